The Labute approximate surface area is 165 Å². The maximum atomic E-state index is 12.9. The van der Waals surface area contributed by atoms with Gasteiger partial charge >= 0.3 is 0 Å². The van der Waals surface area contributed by atoms with Crippen molar-refractivity contribution in [3.63, 3.8) is 0 Å². The third-order valence-corrected chi connectivity index (χ3v) is 6.14. The summed E-state index contributed by atoms with van der Waals surface area (Å²) in [5.41, 5.74) is 2.41. The van der Waals surface area contributed by atoms with Crippen molar-refractivity contribution in [3.8, 4) is 5.75 Å². The molecule has 5 heteroatoms. The van der Waals surface area contributed by atoms with Gasteiger partial charge < -0.3 is 10.0 Å². The van der Waals surface area contributed by atoms with Crippen molar-refractivity contribution in [1.29, 1.82) is 0 Å². The van der Waals surface area contributed by atoms with Gasteiger partial charge in [-0.15, -0.1) is 0 Å². The number of likely N-dealkylation sites (tertiary alicyclic amines) is 2. The molecule has 2 aliphatic rings. The summed E-state index contributed by atoms with van der Waals surface area (Å²) in [6.45, 7) is 3.40. The maximum Gasteiger partial charge on any atom is 0.240 e. The molecule has 4 rings (SSSR count). The predicted molar refractivity (Wildman–Crippen MR) is 107 cm³/mol. The number of amides is 1. The molecule has 0 bridgehead atoms. The molecule has 2 aromatic carbocycles. The van der Waals surface area contributed by atoms with Gasteiger partial charge in [-0.2, -0.15) is 0 Å². The predicted octanol–water partition coefficient (Wildman–Crippen LogP) is 4.03. The molecular formula is C22H25ClN2O2. The Balaban J connectivity index is 1.33. The third-order valence-electron chi connectivity index (χ3n) is 5.89. The molecule has 0 unspecified atom stereocenters. The second kappa shape index (κ2) is 7.91. The Morgan fingerprint density at radius 3 is 2.26 bits per heavy atom. The zero-order valence-electron chi connectivity index (χ0n) is 15.4. The zero-order chi connectivity index (χ0) is 18.8. The number of aromatic hydroxyl groups is 1. The number of phenolic OH excluding ortho intramolecular Hbond substituents is 1. The lowest BCUT2D eigenvalue weighted by atomic mass is 9.89. The fourth-order valence-corrected chi connectivity index (χ4v) is 4.45. The van der Waals surface area contributed by atoms with Crippen LogP contribution in [0.5, 0.6) is 5.75 Å². The van der Waals surface area contributed by atoms with Crippen LogP contribution in [0.4, 0.5) is 0 Å². The van der Waals surface area contributed by atoms with Crippen molar-refractivity contribution in [2.24, 2.45) is 0 Å². The summed E-state index contributed by atoms with van der Waals surface area (Å²) < 4.78 is 0. The number of carbonyl (C=O) groups excluding carboxylic acids is 1. The van der Waals surface area contributed by atoms with Crippen LogP contribution in [0.3, 0.4) is 0 Å². The number of rotatable bonds is 4. The Bertz CT molecular complexity index is 783. The second-order valence-electron chi connectivity index (χ2n) is 7.59. The van der Waals surface area contributed by atoms with E-state index in [2.05, 4.69) is 4.90 Å². The molecule has 1 atom stereocenters. The largest absolute Gasteiger partial charge is 0.508 e. The van der Waals surface area contributed by atoms with Crippen LogP contribution in [-0.2, 0) is 11.3 Å². The van der Waals surface area contributed by atoms with Crippen LogP contribution < -0.4 is 0 Å². The van der Waals surface area contributed by atoms with E-state index in [1.165, 1.54) is 5.56 Å². The first-order valence-corrected chi connectivity index (χ1v) is 10.0. The van der Waals surface area contributed by atoms with Crippen molar-refractivity contribution in [3.05, 3.63) is 64.7 Å². The molecule has 2 aromatic rings. The quantitative estimate of drug-likeness (QED) is 0.865. The number of nitrogens with zero attached hydrogens (tertiary/aromatic N) is 2. The first-order chi connectivity index (χ1) is 13.1. The normalized spacial score (nSPS) is 21.7. The molecule has 27 heavy (non-hydrogen) atoms. The summed E-state index contributed by atoms with van der Waals surface area (Å²) in [5.74, 6) is 1.09. The van der Waals surface area contributed by atoms with E-state index in [1.807, 2.05) is 41.3 Å². The molecule has 0 aliphatic carbocycles. The standard InChI is InChI=1S/C22H25ClN2O2/c23-19-5-1-16(2-6-19)15-25-14-11-21(22(25)27)24-12-9-18(10-13-24)17-3-7-20(26)8-4-17/h1-8,18,21,26H,9-15H2/t21-/m0/s1. The Hall–Kier alpha value is -2.04. The average Bonchev–Trinajstić information content (AvgIpc) is 3.05. The molecule has 2 heterocycles. The lowest BCUT2D eigenvalue weighted by Gasteiger charge is -2.35. The smallest absolute Gasteiger partial charge is 0.240 e. The Morgan fingerprint density at radius 1 is 0.926 bits per heavy atom. The van der Waals surface area contributed by atoms with E-state index in [1.54, 1.807) is 12.1 Å². The van der Waals surface area contributed by atoms with Gasteiger partial charge in [0.25, 0.3) is 0 Å². The van der Waals surface area contributed by atoms with Crippen LogP contribution in [0.15, 0.2) is 48.5 Å². The molecule has 0 aromatic heterocycles. The van der Waals surface area contributed by atoms with Crippen LogP contribution in [-0.4, -0.2) is 46.5 Å². The molecule has 0 radical (unpaired) electrons. The molecule has 2 aliphatic heterocycles. The third kappa shape index (κ3) is 4.12. The van der Waals surface area contributed by atoms with Gasteiger partial charge in [-0.25, -0.2) is 0 Å². The highest BCUT2D eigenvalue weighted by Gasteiger charge is 2.37. The number of halogens is 1. The molecule has 142 valence electrons. The highest BCUT2D eigenvalue weighted by molar-refractivity contribution is 6.30. The van der Waals surface area contributed by atoms with E-state index in [-0.39, 0.29) is 11.9 Å². The van der Waals surface area contributed by atoms with E-state index >= 15 is 0 Å². The fraction of sp³-hybridized carbons (Fsp3) is 0.409. The lowest BCUT2D eigenvalue weighted by molar-refractivity contribution is -0.133. The molecule has 2 saturated heterocycles. The van der Waals surface area contributed by atoms with Crippen molar-refractivity contribution in [2.75, 3.05) is 19.6 Å². The van der Waals surface area contributed by atoms with Gasteiger partial charge in [-0.3, -0.25) is 9.69 Å². The van der Waals surface area contributed by atoms with E-state index in [9.17, 15) is 9.90 Å². The van der Waals surface area contributed by atoms with Crippen LogP contribution in [0.1, 0.15) is 36.3 Å². The number of carbonyl (C=O) groups is 1. The first kappa shape index (κ1) is 18.3. The molecular weight excluding hydrogens is 360 g/mol. The Morgan fingerprint density at radius 2 is 1.59 bits per heavy atom. The average molecular weight is 385 g/mol. The van der Waals surface area contributed by atoms with E-state index in [4.69, 9.17) is 11.6 Å². The highest BCUT2D eigenvalue weighted by atomic mass is 35.5. The first-order valence-electron chi connectivity index (χ1n) is 9.66. The summed E-state index contributed by atoms with van der Waals surface area (Å²) in [7, 11) is 0. The van der Waals surface area contributed by atoms with Gasteiger partial charge in [0.05, 0.1) is 6.04 Å². The zero-order valence-corrected chi connectivity index (χ0v) is 16.1. The van der Waals surface area contributed by atoms with Gasteiger partial charge in [0, 0.05) is 18.1 Å². The molecule has 1 amide bonds. The summed E-state index contributed by atoms with van der Waals surface area (Å²) in [6.07, 6.45) is 3.04. The van der Waals surface area contributed by atoms with Crippen molar-refractivity contribution < 1.29 is 9.90 Å². The Kier molecular flexibility index (Phi) is 5.37. The number of hydrogen-bond donors (Lipinski definition) is 1. The summed E-state index contributed by atoms with van der Waals surface area (Å²) >= 11 is 5.95. The van der Waals surface area contributed by atoms with Gasteiger partial charge in [0.1, 0.15) is 5.75 Å². The van der Waals surface area contributed by atoms with Crippen molar-refractivity contribution >= 4 is 17.5 Å². The number of benzene rings is 2. The summed E-state index contributed by atoms with van der Waals surface area (Å²) in [6, 6.07) is 15.3. The lowest BCUT2D eigenvalue weighted by Crippen LogP contribution is -2.45. The van der Waals surface area contributed by atoms with Gasteiger partial charge in [-0.05, 0) is 73.7 Å². The maximum absolute atomic E-state index is 12.9. The monoisotopic (exact) mass is 384 g/mol. The highest BCUT2D eigenvalue weighted by Crippen LogP contribution is 2.31. The van der Waals surface area contributed by atoms with Crippen molar-refractivity contribution in [2.45, 2.75) is 37.8 Å². The SMILES string of the molecule is O=C1[C@@H](N2CCC(c3ccc(O)cc3)CC2)CCN1Cc1ccc(Cl)cc1. The molecule has 1 N–H and O–H groups in total. The minimum absolute atomic E-state index is 0.0260. The summed E-state index contributed by atoms with van der Waals surface area (Å²) in [4.78, 5) is 17.2. The van der Waals surface area contributed by atoms with Gasteiger partial charge in [-0.1, -0.05) is 35.9 Å². The summed E-state index contributed by atoms with van der Waals surface area (Å²) in [5, 5.41) is 10.2. The molecule has 0 saturated carbocycles. The van der Waals surface area contributed by atoms with Gasteiger partial charge in [0.2, 0.25) is 5.91 Å². The number of phenols is 1. The van der Waals surface area contributed by atoms with Gasteiger partial charge in [0.15, 0.2) is 0 Å². The van der Waals surface area contributed by atoms with E-state index in [0.717, 1.165) is 49.5 Å². The van der Waals surface area contributed by atoms with E-state index in [0.29, 0.717) is 18.2 Å². The van der Waals surface area contributed by atoms with E-state index < -0.39 is 0 Å². The molecule has 0 spiro atoms. The number of hydrogen-bond acceptors (Lipinski definition) is 3. The minimum atomic E-state index is 0.0260. The number of piperidine rings is 1. The molecule has 2 fully saturated rings. The van der Waals surface area contributed by atoms with Crippen LogP contribution in [0, 0.1) is 0 Å². The molecule has 4 nitrogen and oxygen atoms in total. The minimum Gasteiger partial charge on any atom is -0.508 e. The topological polar surface area (TPSA) is 43.8 Å². The van der Waals surface area contributed by atoms with Crippen molar-refractivity contribution in [1.82, 2.24) is 9.80 Å². The van der Waals surface area contributed by atoms with Crippen LogP contribution in [0.25, 0.3) is 0 Å². The van der Waals surface area contributed by atoms with Crippen LogP contribution >= 0.6 is 11.6 Å². The second-order valence-corrected chi connectivity index (χ2v) is 8.03. The fourth-order valence-electron chi connectivity index (χ4n) is 4.32. The van der Waals surface area contributed by atoms with Crippen LogP contribution in [0.2, 0.25) is 5.02 Å².